The SMILES string of the molecule is CN(C)CCNC(=O)c1cccc(-c2ccc(Oc3ccc([18F])cc3)cc2)n1. The molecule has 0 saturated carbocycles. The van der Waals surface area contributed by atoms with E-state index in [9.17, 15) is 9.18 Å². The molecule has 0 fully saturated rings. The lowest BCUT2D eigenvalue weighted by Gasteiger charge is -2.11. The van der Waals surface area contributed by atoms with Crippen molar-refractivity contribution in [2.45, 2.75) is 0 Å². The largest absolute Gasteiger partial charge is 0.457 e. The van der Waals surface area contributed by atoms with Gasteiger partial charge in [0, 0.05) is 18.7 Å². The van der Waals surface area contributed by atoms with Gasteiger partial charge in [-0.3, -0.25) is 4.79 Å². The number of carbonyl (C=O) groups excluding carboxylic acids is 1. The number of nitrogens with one attached hydrogen (secondary N) is 1. The maximum Gasteiger partial charge on any atom is 0.269 e. The number of carbonyl (C=O) groups is 1. The molecule has 3 rings (SSSR count). The van der Waals surface area contributed by atoms with Gasteiger partial charge in [0.2, 0.25) is 0 Å². The fourth-order valence-electron chi connectivity index (χ4n) is 2.54. The van der Waals surface area contributed by atoms with E-state index in [0.29, 0.717) is 29.4 Å². The maximum atomic E-state index is 13.0. The molecule has 0 atom stereocenters. The fraction of sp³-hybridized carbons (Fsp3) is 0.182. The van der Waals surface area contributed by atoms with Crippen molar-refractivity contribution in [2.75, 3.05) is 27.2 Å². The van der Waals surface area contributed by atoms with E-state index >= 15 is 0 Å². The lowest BCUT2D eigenvalue weighted by Crippen LogP contribution is -2.31. The summed E-state index contributed by atoms with van der Waals surface area (Å²) in [6, 6.07) is 18.6. The first-order valence-electron chi connectivity index (χ1n) is 8.95. The molecule has 1 heterocycles. The first kappa shape index (κ1) is 19.5. The van der Waals surface area contributed by atoms with Gasteiger partial charge in [-0.1, -0.05) is 6.07 Å². The number of rotatable bonds is 7. The summed E-state index contributed by atoms with van der Waals surface area (Å²) < 4.78 is 18.7. The van der Waals surface area contributed by atoms with Crippen LogP contribution in [-0.4, -0.2) is 43.0 Å². The maximum absolute atomic E-state index is 13.0. The smallest absolute Gasteiger partial charge is 0.269 e. The second kappa shape index (κ2) is 9.10. The molecule has 0 radical (unpaired) electrons. The average molecular weight is 378 g/mol. The molecule has 1 amide bonds. The van der Waals surface area contributed by atoms with Crippen LogP contribution in [0, 0.1) is 5.82 Å². The van der Waals surface area contributed by atoms with Crippen LogP contribution in [0.4, 0.5) is 4.39 Å². The molecule has 6 heteroatoms. The third-order valence-electron chi connectivity index (χ3n) is 4.03. The van der Waals surface area contributed by atoms with E-state index in [1.165, 1.54) is 12.1 Å². The van der Waals surface area contributed by atoms with E-state index in [2.05, 4.69) is 10.3 Å². The number of hydrogen-bond donors (Lipinski definition) is 1. The molecule has 0 spiro atoms. The van der Waals surface area contributed by atoms with Crippen LogP contribution < -0.4 is 10.1 Å². The molecular formula is C22H22FN3O2. The molecule has 28 heavy (non-hydrogen) atoms. The highest BCUT2D eigenvalue weighted by Gasteiger charge is 2.09. The normalized spacial score (nSPS) is 10.7. The van der Waals surface area contributed by atoms with Crippen LogP contribution in [0.1, 0.15) is 10.5 Å². The summed E-state index contributed by atoms with van der Waals surface area (Å²) in [6.07, 6.45) is 0. The zero-order valence-corrected chi connectivity index (χ0v) is 15.9. The van der Waals surface area contributed by atoms with E-state index in [1.807, 2.05) is 55.4 Å². The highest BCUT2D eigenvalue weighted by atomic mass is 18.2. The lowest BCUT2D eigenvalue weighted by molar-refractivity contribution is 0.0946. The number of ether oxygens (including phenoxy) is 1. The number of likely N-dealkylation sites (N-methyl/N-ethyl adjacent to an activating group) is 1. The molecule has 3 aromatic rings. The summed E-state index contributed by atoms with van der Waals surface area (Å²) in [6.45, 7) is 1.33. The van der Waals surface area contributed by atoms with Gasteiger partial charge < -0.3 is 15.0 Å². The van der Waals surface area contributed by atoms with Crippen molar-refractivity contribution >= 4 is 5.91 Å². The van der Waals surface area contributed by atoms with Crippen LogP contribution >= 0.6 is 0 Å². The lowest BCUT2D eigenvalue weighted by atomic mass is 10.1. The number of pyridine rings is 1. The van der Waals surface area contributed by atoms with Gasteiger partial charge >= 0.3 is 0 Å². The third kappa shape index (κ3) is 5.37. The number of hydrogen-bond acceptors (Lipinski definition) is 4. The Morgan fingerprint density at radius 3 is 2.29 bits per heavy atom. The van der Waals surface area contributed by atoms with Crippen molar-refractivity contribution in [1.29, 1.82) is 0 Å². The number of halogens is 1. The number of amides is 1. The summed E-state index contributed by atoms with van der Waals surface area (Å²) in [4.78, 5) is 18.7. The first-order chi connectivity index (χ1) is 13.5. The Morgan fingerprint density at radius 1 is 1.00 bits per heavy atom. The predicted molar refractivity (Wildman–Crippen MR) is 107 cm³/mol. The Bertz CT molecular complexity index is 925. The molecule has 144 valence electrons. The zero-order chi connectivity index (χ0) is 19.9. The number of nitrogens with zero attached hydrogens (tertiary/aromatic N) is 2. The summed E-state index contributed by atoms with van der Waals surface area (Å²) in [5.74, 6) is 0.691. The van der Waals surface area contributed by atoms with Crippen LogP contribution in [0.2, 0.25) is 0 Å². The van der Waals surface area contributed by atoms with Crippen LogP contribution in [0.3, 0.4) is 0 Å². The van der Waals surface area contributed by atoms with E-state index in [0.717, 1.165) is 12.1 Å². The molecule has 0 unspecified atom stereocenters. The van der Waals surface area contributed by atoms with Gasteiger partial charge in [-0.05, 0) is 74.8 Å². The topological polar surface area (TPSA) is 54.5 Å². The quantitative estimate of drug-likeness (QED) is 0.676. The minimum atomic E-state index is -0.306. The van der Waals surface area contributed by atoms with Crippen LogP contribution in [0.15, 0.2) is 66.7 Å². The molecule has 1 N–H and O–H groups in total. The Balaban J connectivity index is 1.68. The molecule has 5 nitrogen and oxygen atoms in total. The number of benzene rings is 2. The van der Waals surface area contributed by atoms with Crippen molar-refractivity contribution in [3.8, 4) is 22.8 Å². The third-order valence-corrected chi connectivity index (χ3v) is 4.03. The molecule has 0 aliphatic rings. The molecule has 0 aliphatic heterocycles. The van der Waals surface area contributed by atoms with Crippen molar-refractivity contribution in [3.05, 3.63) is 78.2 Å². The fourth-order valence-corrected chi connectivity index (χ4v) is 2.54. The summed E-state index contributed by atoms with van der Waals surface area (Å²) in [5, 5.41) is 2.86. The summed E-state index contributed by atoms with van der Waals surface area (Å²) in [7, 11) is 3.91. The Hall–Kier alpha value is -3.25. The van der Waals surface area contributed by atoms with Crippen molar-refractivity contribution in [2.24, 2.45) is 0 Å². The highest BCUT2D eigenvalue weighted by Crippen LogP contribution is 2.25. The van der Waals surface area contributed by atoms with Crippen molar-refractivity contribution in [1.82, 2.24) is 15.2 Å². The molecule has 0 saturated heterocycles. The molecule has 0 aliphatic carbocycles. The Kier molecular flexibility index (Phi) is 6.34. The minimum absolute atomic E-state index is 0.194. The summed E-state index contributed by atoms with van der Waals surface area (Å²) in [5.41, 5.74) is 1.95. The standard InChI is InChI=1S/C22H22FN3O2/c1-26(2)15-14-24-22(27)21-5-3-4-20(25-21)16-6-10-18(11-7-16)28-19-12-8-17(23)9-13-19/h3-13H,14-15H2,1-2H3,(H,24,27)/i23-1. The van der Waals surface area contributed by atoms with Gasteiger partial charge in [-0.25, -0.2) is 9.37 Å². The number of aromatic nitrogens is 1. The molecule has 1 aromatic heterocycles. The van der Waals surface area contributed by atoms with Gasteiger partial charge in [0.05, 0.1) is 5.69 Å². The predicted octanol–water partition coefficient (Wildman–Crippen LogP) is 3.97. The van der Waals surface area contributed by atoms with Crippen molar-refractivity contribution < 1.29 is 13.9 Å². The van der Waals surface area contributed by atoms with E-state index in [-0.39, 0.29) is 11.7 Å². The Morgan fingerprint density at radius 2 is 1.64 bits per heavy atom. The van der Waals surface area contributed by atoms with Gasteiger partial charge in [0.25, 0.3) is 5.91 Å². The van der Waals surface area contributed by atoms with E-state index < -0.39 is 0 Å². The van der Waals surface area contributed by atoms with Gasteiger partial charge in [0.1, 0.15) is 23.0 Å². The van der Waals surface area contributed by atoms with Gasteiger partial charge in [-0.15, -0.1) is 0 Å². The highest BCUT2D eigenvalue weighted by molar-refractivity contribution is 5.92. The van der Waals surface area contributed by atoms with Gasteiger partial charge in [-0.2, -0.15) is 0 Å². The first-order valence-corrected chi connectivity index (χ1v) is 8.95. The monoisotopic (exact) mass is 378 g/mol. The van der Waals surface area contributed by atoms with E-state index in [1.54, 1.807) is 18.2 Å². The molecule has 0 bridgehead atoms. The Labute approximate surface area is 163 Å². The molecular weight excluding hydrogens is 356 g/mol. The van der Waals surface area contributed by atoms with Crippen LogP contribution in [0.5, 0.6) is 11.5 Å². The van der Waals surface area contributed by atoms with Crippen LogP contribution in [-0.2, 0) is 0 Å². The molecule has 2 aromatic carbocycles. The summed E-state index contributed by atoms with van der Waals surface area (Å²) >= 11 is 0. The van der Waals surface area contributed by atoms with E-state index in [4.69, 9.17) is 4.74 Å². The average Bonchev–Trinajstić information content (AvgIpc) is 2.70. The minimum Gasteiger partial charge on any atom is -0.457 e. The zero-order valence-electron chi connectivity index (χ0n) is 15.9. The second-order valence-corrected chi connectivity index (χ2v) is 6.55. The second-order valence-electron chi connectivity index (χ2n) is 6.55. The van der Waals surface area contributed by atoms with Crippen LogP contribution in [0.25, 0.3) is 11.3 Å². The van der Waals surface area contributed by atoms with Crippen molar-refractivity contribution in [3.63, 3.8) is 0 Å². The van der Waals surface area contributed by atoms with Gasteiger partial charge in [0.15, 0.2) is 0 Å².